The summed E-state index contributed by atoms with van der Waals surface area (Å²) in [4.78, 5) is 15.2. The number of benzene rings is 1. The first-order chi connectivity index (χ1) is 14.6. The maximum absolute atomic E-state index is 14.6. The molecule has 8 heteroatoms. The number of hydrogen-bond acceptors (Lipinski definition) is 5. The molecule has 1 aliphatic carbocycles. The number of thiol groups is 1. The van der Waals surface area contributed by atoms with Crippen molar-refractivity contribution < 1.29 is 13.9 Å². The van der Waals surface area contributed by atoms with Gasteiger partial charge in [-0.25, -0.2) is 4.39 Å². The molecule has 0 bridgehead atoms. The summed E-state index contributed by atoms with van der Waals surface area (Å²) in [5, 5.41) is 4.67. The summed E-state index contributed by atoms with van der Waals surface area (Å²) in [6.07, 6.45) is 6.61. The van der Waals surface area contributed by atoms with Gasteiger partial charge in [-0.2, -0.15) is 17.7 Å². The van der Waals surface area contributed by atoms with Crippen molar-refractivity contribution in [1.29, 1.82) is 0 Å². The van der Waals surface area contributed by atoms with Gasteiger partial charge in [0.25, 0.3) is 0 Å². The van der Waals surface area contributed by atoms with Crippen LogP contribution in [0, 0.1) is 11.7 Å². The highest BCUT2D eigenvalue weighted by Gasteiger charge is 2.40. The molecule has 2 heterocycles. The van der Waals surface area contributed by atoms with Crippen molar-refractivity contribution in [3.05, 3.63) is 59.2 Å². The number of carbonyl (C=O) groups excluding carboxylic acids is 1. The lowest BCUT2D eigenvalue weighted by Gasteiger charge is -2.37. The lowest BCUT2D eigenvalue weighted by atomic mass is 9.93. The molecule has 0 radical (unpaired) electrons. The quantitative estimate of drug-likeness (QED) is 0.593. The molecule has 2 aliphatic rings. The van der Waals surface area contributed by atoms with Gasteiger partial charge in [0.05, 0.1) is 24.9 Å². The van der Waals surface area contributed by atoms with Gasteiger partial charge < -0.3 is 4.74 Å². The lowest BCUT2D eigenvalue weighted by Crippen LogP contribution is -2.42. The van der Waals surface area contributed by atoms with Gasteiger partial charge in [0, 0.05) is 43.1 Å². The Balaban J connectivity index is 0.00000272. The molecule has 31 heavy (non-hydrogen) atoms. The Morgan fingerprint density at radius 1 is 1.32 bits per heavy atom. The molecule has 2 fully saturated rings. The zero-order chi connectivity index (χ0) is 21.1. The van der Waals surface area contributed by atoms with Crippen molar-refractivity contribution in [2.24, 2.45) is 5.92 Å². The van der Waals surface area contributed by atoms with Crippen LogP contribution >= 0.6 is 25.0 Å². The van der Waals surface area contributed by atoms with Crippen molar-refractivity contribution in [3.8, 4) is 0 Å². The normalized spacial score (nSPS) is 21.6. The van der Waals surface area contributed by atoms with Crippen molar-refractivity contribution >= 4 is 36.9 Å². The number of aromatic nitrogens is 2. The molecule has 1 aromatic heterocycles. The van der Waals surface area contributed by atoms with Gasteiger partial charge in [-0.3, -0.25) is 14.4 Å². The molecule has 2 unspecified atom stereocenters. The molecule has 5 nitrogen and oxygen atoms in total. The van der Waals surface area contributed by atoms with Crippen LogP contribution in [0.5, 0.6) is 0 Å². The number of methoxy groups -OCH3 is 1. The maximum Gasteiger partial charge on any atom is 0.157 e. The van der Waals surface area contributed by atoms with E-state index in [2.05, 4.69) is 10.00 Å². The first-order valence-electron chi connectivity index (χ1n) is 10.5. The second kappa shape index (κ2) is 10.8. The Hall–Kier alpha value is -1.67. The van der Waals surface area contributed by atoms with E-state index < -0.39 is 6.04 Å². The monoisotopic (exact) mass is 465 g/mol. The van der Waals surface area contributed by atoms with Crippen LogP contribution in [0.3, 0.4) is 0 Å². The number of piperidine rings is 1. The van der Waals surface area contributed by atoms with Gasteiger partial charge in [-0.1, -0.05) is 18.2 Å². The highest BCUT2D eigenvalue weighted by molar-refractivity contribution is 7.81. The van der Waals surface area contributed by atoms with Crippen LogP contribution in [0.25, 0.3) is 6.08 Å². The molecule has 1 aromatic carbocycles. The van der Waals surface area contributed by atoms with E-state index in [1.165, 1.54) is 6.07 Å². The molecule has 1 saturated carbocycles. The van der Waals surface area contributed by atoms with E-state index in [9.17, 15) is 9.18 Å². The summed E-state index contributed by atoms with van der Waals surface area (Å²) >= 11 is 4.76. The van der Waals surface area contributed by atoms with Crippen LogP contribution in [0.1, 0.15) is 36.6 Å². The summed E-state index contributed by atoms with van der Waals surface area (Å²) in [6.45, 7) is 2.59. The molecule has 1 aliphatic heterocycles. The molecule has 1 saturated heterocycles. The fraction of sp³-hybridized carbons (Fsp3) is 0.478. The summed E-state index contributed by atoms with van der Waals surface area (Å²) in [7, 11) is 1.67. The number of Topliss-reactive ketones (excluding diaryl/α,β-unsaturated/α-hetero) is 1. The Kier molecular flexibility index (Phi) is 8.33. The number of nitrogens with zero attached hydrogens (tertiary/aromatic N) is 3. The van der Waals surface area contributed by atoms with Crippen LogP contribution in [0.15, 0.2) is 42.1 Å². The number of likely N-dealkylation sites (tertiary alicyclic amines) is 1. The van der Waals surface area contributed by atoms with E-state index in [1.807, 2.05) is 23.0 Å². The molecule has 0 amide bonds. The van der Waals surface area contributed by atoms with Crippen LogP contribution in [0.4, 0.5) is 4.39 Å². The number of rotatable bonds is 8. The zero-order valence-electron chi connectivity index (χ0n) is 17.6. The maximum atomic E-state index is 14.6. The lowest BCUT2D eigenvalue weighted by molar-refractivity contribution is -0.126. The van der Waals surface area contributed by atoms with Gasteiger partial charge in [0.15, 0.2) is 5.78 Å². The average Bonchev–Trinajstić information content (AvgIpc) is 3.50. The fourth-order valence-electron chi connectivity index (χ4n) is 4.03. The van der Waals surface area contributed by atoms with Crippen LogP contribution in [-0.2, 0) is 16.1 Å². The van der Waals surface area contributed by atoms with Crippen molar-refractivity contribution in [3.63, 3.8) is 0 Å². The van der Waals surface area contributed by atoms with E-state index in [4.69, 9.17) is 17.4 Å². The summed E-state index contributed by atoms with van der Waals surface area (Å²) < 4.78 is 21.6. The number of ketones is 1. The third-order valence-electron chi connectivity index (χ3n) is 5.84. The zero-order valence-corrected chi connectivity index (χ0v) is 19.3. The Morgan fingerprint density at radius 2 is 2.10 bits per heavy atom. The van der Waals surface area contributed by atoms with Crippen LogP contribution in [0.2, 0.25) is 0 Å². The second-order valence-corrected chi connectivity index (χ2v) is 8.71. The van der Waals surface area contributed by atoms with Crippen LogP contribution < -0.4 is 0 Å². The minimum absolute atomic E-state index is 0. The van der Waals surface area contributed by atoms with Gasteiger partial charge in [0.1, 0.15) is 5.82 Å². The number of carbonyl (C=O) groups is 1. The first kappa shape index (κ1) is 24.0. The molecular weight excluding hydrogens is 437 g/mol. The molecule has 2 aromatic rings. The number of ether oxygens (including phenoxy) is 1. The fourth-order valence-corrected chi connectivity index (χ4v) is 4.30. The smallest absolute Gasteiger partial charge is 0.157 e. The molecule has 0 N–H and O–H groups in total. The number of halogens is 2. The summed E-state index contributed by atoms with van der Waals surface area (Å²) in [5.74, 6) is -0.111. The average molecular weight is 466 g/mol. The van der Waals surface area contributed by atoms with Gasteiger partial charge in [-0.15, -0.1) is 12.4 Å². The molecular formula is C23H29ClFN3O2S. The second-order valence-electron chi connectivity index (χ2n) is 8.09. The Bertz CT molecular complexity index is 931. The summed E-state index contributed by atoms with van der Waals surface area (Å²) in [5.41, 5.74) is 2.44. The van der Waals surface area contributed by atoms with E-state index in [0.29, 0.717) is 31.8 Å². The van der Waals surface area contributed by atoms with Gasteiger partial charge in [-0.05, 0) is 43.0 Å². The third kappa shape index (κ3) is 5.77. The van der Waals surface area contributed by atoms with E-state index in [-0.39, 0.29) is 35.2 Å². The highest BCUT2D eigenvalue weighted by Crippen LogP contribution is 2.39. The van der Waals surface area contributed by atoms with Crippen LogP contribution in [-0.4, -0.2) is 52.5 Å². The first-order valence-corrected chi connectivity index (χ1v) is 11.0. The molecule has 168 valence electrons. The van der Waals surface area contributed by atoms with Crippen molar-refractivity contribution in [1.82, 2.24) is 14.7 Å². The van der Waals surface area contributed by atoms with E-state index >= 15 is 0 Å². The van der Waals surface area contributed by atoms with Crippen molar-refractivity contribution in [2.75, 3.05) is 26.8 Å². The number of hydrogen-bond donors (Lipinski definition) is 1. The predicted molar refractivity (Wildman–Crippen MR) is 125 cm³/mol. The van der Waals surface area contributed by atoms with E-state index in [1.54, 1.807) is 25.3 Å². The molecule has 4 rings (SSSR count). The largest absolute Gasteiger partial charge is 0.383 e. The Morgan fingerprint density at radius 3 is 2.81 bits per heavy atom. The minimum Gasteiger partial charge on any atom is -0.383 e. The SMILES string of the molecule is COCCn1ccc(/C=C2/CN(C(C(=O)C3CC3)c3ccccc3F)CCC2S)n1.Cl. The standard InChI is InChI=1S/C23H28FN3O2S.ClH/c1-29-13-12-27-11-8-18(25-27)14-17-15-26(10-9-21(17)30)22(23(28)16-6-7-16)19-4-2-3-5-20(19)24;/h2-5,8,11,14,16,21-22,30H,6-7,9-10,12-13,15H2,1H3;1H/b17-14-;. The predicted octanol–water partition coefficient (Wildman–Crippen LogP) is 4.20. The van der Waals surface area contributed by atoms with Gasteiger partial charge >= 0.3 is 0 Å². The van der Waals surface area contributed by atoms with Gasteiger partial charge in [0.2, 0.25) is 0 Å². The minimum atomic E-state index is -0.540. The topological polar surface area (TPSA) is 47.4 Å². The van der Waals surface area contributed by atoms with E-state index in [0.717, 1.165) is 30.5 Å². The summed E-state index contributed by atoms with van der Waals surface area (Å²) in [6, 6.07) is 8.09. The Labute approximate surface area is 194 Å². The molecule has 2 atom stereocenters. The van der Waals surface area contributed by atoms with Crippen molar-refractivity contribution in [2.45, 2.75) is 37.1 Å². The third-order valence-corrected chi connectivity index (χ3v) is 6.43. The molecule has 0 spiro atoms. The highest BCUT2D eigenvalue weighted by atomic mass is 35.5.